The van der Waals surface area contributed by atoms with E-state index in [1.165, 1.54) is 11.8 Å². The predicted molar refractivity (Wildman–Crippen MR) is 105 cm³/mol. The lowest BCUT2D eigenvalue weighted by Gasteiger charge is -2.12. The van der Waals surface area contributed by atoms with Crippen LogP contribution in [-0.2, 0) is 0 Å². The Balaban J connectivity index is 1.82. The van der Waals surface area contributed by atoms with Crippen molar-refractivity contribution in [2.75, 3.05) is 20.3 Å². The third-order valence-electron chi connectivity index (χ3n) is 3.71. The van der Waals surface area contributed by atoms with E-state index in [-0.39, 0.29) is 0 Å². The SMILES string of the molecule is COc1cc(/C=N/NC(N)=O)ccc1OCCCOc1ccc(C)cc1C. The van der Waals surface area contributed by atoms with Gasteiger partial charge in [0.15, 0.2) is 11.5 Å². The summed E-state index contributed by atoms with van der Waals surface area (Å²) in [5, 5.41) is 3.71. The molecule has 0 aliphatic heterocycles. The zero-order valence-electron chi connectivity index (χ0n) is 15.8. The van der Waals surface area contributed by atoms with E-state index in [1.54, 1.807) is 25.3 Å². The molecule has 3 N–H and O–H groups in total. The maximum Gasteiger partial charge on any atom is 0.332 e. The molecule has 0 aliphatic carbocycles. The molecule has 0 bridgehead atoms. The van der Waals surface area contributed by atoms with Crippen LogP contribution in [0.3, 0.4) is 0 Å². The van der Waals surface area contributed by atoms with Crippen molar-refractivity contribution in [2.45, 2.75) is 20.3 Å². The number of hydrazone groups is 1. The molecular weight excluding hydrogens is 346 g/mol. The summed E-state index contributed by atoms with van der Waals surface area (Å²) >= 11 is 0. The molecule has 7 heteroatoms. The quantitative estimate of drug-likeness (QED) is 0.402. The first-order valence-corrected chi connectivity index (χ1v) is 8.59. The molecule has 0 atom stereocenters. The second kappa shape index (κ2) is 10.1. The van der Waals surface area contributed by atoms with Crippen molar-refractivity contribution in [2.24, 2.45) is 10.8 Å². The molecule has 2 aromatic rings. The zero-order valence-corrected chi connectivity index (χ0v) is 15.8. The number of urea groups is 1. The molecule has 2 aromatic carbocycles. The van der Waals surface area contributed by atoms with E-state index in [0.29, 0.717) is 24.7 Å². The van der Waals surface area contributed by atoms with Gasteiger partial charge in [-0.25, -0.2) is 10.2 Å². The number of benzene rings is 2. The van der Waals surface area contributed by atoms with E-state index in [1.807, 2.05) is 19.1 Å². The van der Waals surface area contributed by atoms with E-state index < -0.39 is 6.03 Å². The number of carbonyl (C=O) groups excluding carboxylic acids is 1. The predicted octanol–water partition coefficient (Wildman–Crippen LogP) is 3.16. The van der Waals surface area contributed by atoms with Gasteiger partial charge in [-0.05, 0) is 49.2 Å². The van der Waals surface area contributed by atoms with Gasteiger partial charge in [0, 0.05) is 6.42 Å². The summed E-state index contributed by atoms with van der Waals surface area (Å²) in [4.78, 5) is 10.6. The lowest BCUT2D eigenvalue weighted by atomic mass is 10.1. The number of rotatable bonds is 9. The first kappa shape index (κ1) is 20.1. The summed E-state index contributed by atoms with van der Waals surface area (Å²) in [5.74, 6) is 2.10. The number of methoxy groups -OCH3 is 1. The van der Waals surface area contributed by atoms with E-state index >= 15 is 0 Å². The first-order chi connectivity index (χ1) is 13.0. The Morgan fingerprint density at radius 2 is 1.78 bits per heavy atom. The van der Waals surface area contributed by atoms with Crippen LogP contribution in [0, 0.1) is 13.8 Å². The number of carbonyl (C=O) groups is 1. The third kappa shape index (κ3) is 6.54. The van der Waals surface area contributed by atoms with Crippen LogP contribution in [-0.4, -0.2) is 32.6 Å². The number of hydrogen-bond donors (Lipinski definition) is 2. The van der Waals surface area contributed by atoms with E-state index in [0.717, 1.165) is 23.3 Å². The maximum absolute atomic E-state index is 10.6. The highest BCUT2D eigenvalue weighted by molar-refractivity contribution is 5.82. The summed E-state index contributed by atoms with van der Waals surface area (Å²) in [6, 6.07) is 10.7. The Hall–Kier alpha value is -3.22. The average Bonchev–Trinajstić information content (AvgIpc) is 2.63. The molecule has 0 aliphatic rings. The minimum absolute atomic E-state index is 0.498. The number of nitrogens with zero attached hydrogens (tertiary/aromatic N) is 1. The van der Waals surface area contributed by atoms with Crippen molar-refractivity contribution in [3.8, 4) is 17.2 Å². The van der Waals surface area contributed by atoms with E-state index in [9.17, 15) is 4.79 Å². The van der Waals surface area contributed by atoms with Gasteiger partial charge in [-0.15, -0.1) is 0 Å². The van der Waals surface area contributed by atoms with Crippen LogP contribution in [0.25, 0.3) is 0 Å². The van der Waals surface area contributed by atoms with Crippen molar-refractivity contribution in [3.63, 3.8) is 0 Å². The highest BCUT2D eigenvalue weighted by Crippen LogP contribution is 2.27. The number of primary amides is 1. The molecule has 144 valence electrons. The van der Waals surface area contributed by atoms with Crippen LogP contribution in [0.2, 0.25) is 0 Å². The number of nitrogens with one attached hydrogen (secondary N) is 1. The highest BCUT2D eigenvalue weighted by Gasteiger charge is 2.06. The molecule has 0 saturated carbocycles. The molecule has 0 radical (unpaired) electrons. The standard InChI is InChI=1S/C20H25N3O4/c1-14-5-7-17(15(2)11-14)26-9-4-10-27-18-8-6-16(12-19(18)25-3)13-22-23-20(21)24/h5-8,11-13H,4,9-10H2,1-3H3,(H3,21,23,24)/b22-13+. The summed E-state index contributed by atoms with van der Waals surface area (Å²) in [6.45, 7) is 5.16. The second-order valence-corrected chi connectivity index (χ2v) is 5.96. The minimum Gasteiger partial charge on any atom is -0.493 e. The number of amides is 2. The number of nitrogens with two attached hydrogens (primary N) is 1. The highest BCUT2D eigenvalue weighted by atomic mass is 16.5. The van der Waals surface area contributed by atoms with Gasteiger partial charge in [-0.3, -0.25) is 0 Å². The van der Waals surface area contributed by atoms with Crippen LogP contribution in [0.15, 0.2) is 41.5 Å². The Kier molecular flexibility index (Phi) is 7.49. The smallest absolute Gasteiger partial charge is 0.332 e. The molecule has 0 aromatic heterocycles. The van der Waals surface area contributed by atoms with Crippen molar-refractivity contribution in [1.29, 1.82) is 0 Å². The van der Waals surface area contributed by atoms with Gasteiger partial charge in [-0.1, -0.05) is 17.7 Å². The Morgan fingerprint density at radius 1 is 1.07 bits per heavy atom. The lowest BCUT2D eigenvalue weighted by molar-refractivity contribution is 0.239. The molecule has 2 amide bonds. The van der Waals surface area contributed by atoms with Crippen molar-refractivity contribution in [3.05, 3.63) is 53.1 Å². The topological polar surface area (TPSA) is 95.2 Å². The molecule has 0 unspecified atom stereocenters. The maximum atomic E-state index is 10.6. The third-order valence-corrected chi connectivity index (χ3v) is 3.71. The van der Waals surface area contributed by atoms with Gasteiger partial charge < -0.3 is 19.9 Å². The normalized spacial score (nSPS) is 10.6. The fourth-order valence-electron chi connectivity index (χ4n) is 2.44. The summed E-state index contributed by atoms with van der Waals surface area (Å²) in [7, 11) is 1.56. The molecule has 0 heterocycles. The molecule has 7 nitrogen and oxygen atoms in total. The van der Waals surface area contributed by atoms with Crippen molar-refractivity contribution in [1.82, 2.24) is 5.43 Å². The van der Waals surface area contributed by atoms with Gasteiger partial charge in [-0.2, -0.15) is 5.10 Å². The molecule has 2 rings (SSSR count). The van der Waals surface area contributed by atoms with Crippen LogP contribution in [0.1, 0.15) is 23.1 Å². The molecular formula is C20H25N3O4. The fourth-order valence-corrected chi connectivity index (χ4v) is 2.44. The number of hydrogen-bond acceptors (Lipinski definition) is 5. The van der Waals surface area contributed by atoms with Gasteiger partial charge in [0.25, 0.3) is 0 Å². The summed E-state index contributed by atoms with van der Waals surface area (Å²) in [5.41, 5.74) is 10.2. The summed E-state index contributed by atoms with van der Waals surface area (Å²) < 4.78 is 16.9. The van der Waals surface area contributed by atoms with Gasteiger partial charge in [0.2, 0.25) is 0 Å². The van der Waals surface area contributed by atoms with Crippen molar-refractivity contribution < 1.29 is 19.0 Å². The van der Waals surface area contributed by atoms with E-state index in [4.69, 9.17) is 19.9 Å². The summed E-state index contributed by atoms with van der Waals surface area (Å²) in [6.07, 6.45) is 2.21. The zero-order chi connectivity index (χ0) is 19.6. The number of ether oxygens (including phenoxy) is 3. The number of aryl methyl sites for hydroxylation is 2. The van der Waals surface area contributed by atoms with Gasteiger partial charge in [0.05, 0.1) is 26.5 Å². The van der Waals surface area contributed by atoms with Crippen LogP contribution in [0.4, 0.5) is 4.79 Å². The monoisotopic (exact) mass is 371 g/mol. The van der Waals surface area contributed by atoms with Crippen LogP contribution in [0.5, 0.6) is 17.2 Å². The minimum atomic E-state index is -0.721. The Labute approximate surface area is 159 Å². The van der Waals surface area contributed by atoms with E-state index in [2.05, 4.69) is 23.5 Å². The molecule has 0 saturated heterocycles. The Morgan fingerprint density at radius 3 is 2.44 bits per heavy atom. The largest absolute Gasteiger partial charge is 0.493 e. The Bertz CT molecular complexity index is 806. The first-order valence-electron chi connectivity index (χ1n) is 8.59. The molecule has 0 fully saturated rings. The molecule has 0 spiro atoms. The fraction of sp³-hybridized carbons (Fsp3) is 0.300. The van der Waals surface area contributed by atoms with Crippen LogP contribution >= 0.6 is 0 Å². The average molecular weight is 371 g/mol. The second-order valence-electron chi connectivity index (χ2n) is 5.96. The van der Waals surface area contributed by atoms with Crippen molar-refractivity contribution >= 4 is 12.2 Å². The van der Waals surface area contributed by atoms with Gasteiger partial charge in [0.1, 0.15) is 5.75 Å². The molecule has 27 heavy (non-hydrogen) atoms. The lowest BCUT2D eigenvalue weighted by Crippen LogP contribution is -2.24. The van der Waals surface area contributed by atoms with Crippen LogP contribution < -0.4 is 25.4 Å². The van der Waals surface area contributed by atoms with Gasteiger partial charge >= 0.3 is 6.03 Å².